The molecule has 4 rings (SSSR count). The van der Waals surface area contributed by atoms with Crippen molar-refractivity contribution in [2.75, 3.05) is 11.4 Å². The third-order valence-electron chi connectivity index (χ3n) is 6.08. The number of hydrogen-bond acceptors (Lipinski definition) is 3. The number of rotatable bonds is 4. The Balaban J connectivity index is 1.74. The van der Waals surface area contributed by atoms with E-state index in [1.807, 2.05) is 24.0 Å². The van der Waals surface area contributed by atoms with Crippen molar-refractivity contribution >= 4 is 17.5 Å². The molecule has 1 atom stereocenters. The zero-order chi connectivity index (χ0) is 22.2. The Hall–Kier alpha value is -3.44. The largest absolute Gasteiger partial charge is 0.372 e. The van der Waals surface area contributed by atoms with Crippen molar-refractivity contribution < 1.29 is 14.7 Å². The van der Waals surface area contributed by atoms with Crippen LogP contribution in [0.5, 0.6) is 0 Å². The Kier molecular flexibility index (Phi) is 5.38. The fourth-order valence-electron chi connectivity index (χ4n) is 4.52. The van der Waals surface area contributed by atoms with Crippen LogP contribution >= 0.6 is 0 Å². The monoisotopic (exact) mass is 414 g/mol. The molecule has 3 aromatic rings. The van der Waals surface area contributed by atoms with E-state index in [2.05, 4.69) is 6.07 Å². The molecule has 1 aliphatic rings. The lowest BCUT2D eigenvalue weighted by Gasteiger charge is -2.32. The maximum atomic E-state index is 13.4. The van der Waals surface area contributed by atoms with Gasteiger partial charge in [-0.3, -0.25) is 9.59 Å². The Labute approximate surface area is 182 Å². The second-order valence-electron chi connectivity index (χ2n) is 8.11. The van der Waals surface area contributed by atoms with Crippen LogP contribution in [-0.4, -0.2) is 23.5 Å². The summed E-state index contributed by atoms with van der Waals surface area (Å²) in [5.41, 5.74) is 8.80. The molecule has 0 spiro atoms. The molecule has 2 amide bonds. The summed E-state index contributed by atoms with van der Waals surface area (Å²) in [5.74, 6) is -0.950. The molecule has 1 unspecified atom stereocenters. The summed E-state index contributed by atoms with van der Waals surface area (Å²) in [6, 6.07) is 19.7. The molecule has 1 heterocycles. The summed E-state index contributed by atoms with van der Waals surface area (Å²) >= 11 is 0. The topological polar surface area (TPSA) is 83.6 Å². The van der Waals surface area contributed by atoms with Gasteiger partial charge in [0.2, 0.25) is 0 Å². The van der Waals surface area contributed by atoms with E-state index in [1.165, 1.54) is 5.56 Å². The number of carbonyl (C=O) groups is 2. The fourth-order valence-corrected chi connectivity index (χ4v) is 4.52. The van der Waals surface area contributed by atoms with Crippen LogP contribution in [0.4, 0.5) is 5.69 Å². The summed E-state index contributed by atoms with van der Waals surface area (Å²) in [7, 11) is 0. The molecule has 0 fully saturated rings. The lowest BCUT2D eigenvalue weighted by molar-refractivity contribution is -0.133. The van der Waals surface area contributed by atoms with Gasteiger partial charge in [0.05, 0.1) is 5.69 Å². The first-order valence-corrected chi connectivity index (χ1v) is 10.4. The Bertz CT molecular complexity index is 1160. The van der Waals surface area contributed by atoms with Crippen LogP contribution in [0.1, 0.15) is 44.6 Å². The van der Waals surface area contributed by atoms with Crippen molar-refractivity contribution in [3.8, 4) is 0 Å². The number of primary amides is 1. The number of nitrogens with zero attached hydrogens (tertiary/aromatic N) is 1. The van der Waals surface area contributed by atoms with Crippen LogP contribution in [0, 0.1) is 13.8 Å². The summed E-state index contributed by atoms with van der Waals surface area (Å²) in [6.07, 6.45) is 1.87. The Morgan fingerprint density at radius 1 is 0.968 bits per heavy atom. The Morgan fingerprint density at radius 3 is 2.39 bits per heavy atom. The minimum absolute atomic E-state index is 0.0905. The molecule has 0 radical (unpaired) electrons. The Morgan fingerprint density at radius 2 is 1.71 bits per heavy atom. The predicted molar refractivity (Wildman–Crippen MR) is 121 cm³/mol. The molecular weight excluding hydrogens is 388 g/mol. The average Bonchev–Trinajstić information content (AvgIpc) is 2.78. The lowest BCUT2D eigenvalue weighted by atomic mass is 9.82. The van der Waals surface area contributed by atoms with Crippen LogP contribution in [0.15, 0.2) is 66.7 Å². The maximum absolute atomic E-state index is 13.4. The SMILES string of the molecule is Cc1cc(C(=O)N2CCCc3cccc(C)c32)ccc1C(O)(C(N)=O)c1ccccc1. The molecule has 31 heavy (non-hydrogen) atoms. The first kappa shape index (κ1) is 20.8. The molecular formula is C26H26N2O3. The predicted octanol–water partition coefficient (Wildman–Crippen LogP) is 3.62. The number of amides is 2. The molecule has 0 aliphatic carbocycles. The number of benzene rings is 3. The van der Waals surface area contributed by atoms with Crippen molar-refractivity contribution in [1.29, 1.82) is 0 Å². The molecule has 0 aromatic heterocycles. The lowest BCUT2D eigenvalue weighted by Crippen LogP contribution is -2.43. The highest BCUT2D eigenvalue weighted by molar-refractivity contribution is 6.07. The number of fused-ring (bicyclic) bond motifs is 1. The second kappa shape index (κ2) is 8.00. The molecule has 3 aromatic carbocycles. The molecule has 0 saturated heterocycles. The van der Waals surface area contributed by atoms with Gasteiger partial charge in [0.1, 0.15) is 0 Å². The van der Waals surface area contributed by atoms with Crippen LogP contribution in [-0.2, 0) is 16.8 Å². The highest BCUT2D eigenvalue weighted by Crippen LogP contribution is 2.34. The molecule has 0 bridgehead atoms. The molecule has 3 N–H and O–H groups in total. The van der Waals surface area contributed by atoms with Gasteiger partial charge in [0.25, 0.3) is 11.8 Å². The average molecular weight is 415 g/mol. The summed E-state index contributed by atoms with van der Waals surface area (Å²) in [4.78, 5) is 27.5. The number of nitrogens with two attached hydrogens (primary N) is 1. The summed E-state index contributed by atoms with van der Waals surface area (Å²) in [6.45, 7) is 4.46. The maximum Gasteiger partial charge on any atom is 0.258 e. The van der Waals surface area contributed by atoms with Crippen molar-refractivity contribution in [3.05, 3.63) is 100 Å². The van der Waals surface area contributed by atoms with E-state index < -0.39 is 11.5 Å². The van der Waals surface area contributed by atoms with Gasteiger partial charge in [0, 0.05) is 17.7 Å². The molecule has 0 saturated carbocycles. The quantitative estimate of drug-likeness (QED) is 0.684. The van der Waals surface area contributed by atoms with Crippen molar-refractivity contribution in [3.63, 3.8) is 0 Å². The van der Waals surface area contributed by atoms with E-state index in [0.717, 1.165) is 24.1 Å². The number of anilines is 1. The van der Waals surface area contributed by atoms with Crippen molar-refractivity contribution in [2.45, 2.75) is 32.3 Å². The van der Waals surface area contributed by atoms with E-state index in [4.69, 9.17) is 5.73 Å². The van der Waals surface area contributed by atoms with Crippen LogP contribution in [0.25, 0.3) is 0 Å². The van der Waals surface area contributed by atoms with Gasteiger partial charge in [-0.2, -0.15) is 0 Å². The van der Waals surface area contributed by atoms with E-state index in [0.29, 0.717) is 28.8 Å². The van der Waals surface area contributed by atoms with E-state index >= 15 is 0 Å². The van der Waals surface area contributed by atoms with Gasteiger partial charge >= 0.3 is 0 Å². The minimum Gasteiger partial charge on any atom is -0.372 e. The first-order chi connectivity index (χ1) is 14.8. The van der Waals surface area contributed by atoms with Gasteiger partial charge in [0.15, 0.2) is 5.60 Å². The highest BCUT2D eigenvalue weighted by atomic mass is 16.3. The number of para-hydroxylation sites is 1. The van der Waals surface area contributed by atoms with Gasteiger partial charge in [-0.25, -0.2) is 0 Å². The van der Waals surface area contributed by atoms with Gasteiger partial charge in [-0.15, -0.1) is 0 Å². The van der Waals surface area contributed by atoms with E-state index in [1.54, 1.807) is 55.5 Å². The van der Waals surface area contributed by atoms with Crippen molar-refractivity contribution in [1.82, 2.24) is 0 Å². The third kappa shape index (κ3) is 3.51. The van der Waals surface area contributed by atoms with Gasteiger partial charge in [-0.05, 0) is 61.1 Å². The zero-order valence-corrected chi connectivity index (χ0v) is 17.8. The first-order valence-electron chi connectivity index (χ1n) is 10.4. The molecule has 1 aliphatic heterocycles. The fraction of sp³-hybridized carbons (Fsp3) is 0.231. The molecule has 5 heteroatoms. The minimum atomic E-state index is -1.97. The second-order valence-corrected chi connectivity index (χ2v) is 8.11. The highest BCUT2D eigenvalue weighted by Gasteiger charge is 2.39. The van der Waals surface area contributed by atoms with Crippen LogP contribution in [0.3, 0.4) is 0 Å². The number of aliphatic hydroxyl groups is 1. The standard InChI is InChI=1S/C26H26N2O3/c1-17-8-6-9-19-10-7-15-28(23(17)19)24(29)20-13-14-22(18(2)16-20)26(31,25(27)30)21-11-4-3-5-12-21/h3-6,8-9,11-14,16,31H,7,10,15H2,1-2H3,(H2,27,30). The summed E-state index contributed by atoms with van der Waals surface area (Å²) < 4.78 is 0. The molecule has 158 valence electrons. The third-order valence-corrected chi connectivity index (χ3v) is 6.08. The van der Waals surface area contributed by atoms with Crippen LogP contribution in [0.2, 0.25) is 0 Å². The normalized spacial score (nSPS) is 15.1. The van der Waals surface area contributed by atoms with Crippen LogP contribution < -0.4 is 10.6 Å². The van der Waals surface area contributed by atoms with Crippen molar-refractivity contribution in [2.24, 2.45) is 5.73 Å². The van der Waals surface area contributed by atoms with E-state index in [-0.39, 0.29) is 5.91 Å². The van der Waals surface area contributed by atoms with E-state index in [9.17, 15) is 14.7 Å². The van der Waals surface area contributed by atoms with Gasteiger partial charge < -0.3 is 15.7 Å². The zero-order valence-electron chi connectivity index (χ0n) is 17.8. The number of hydrogen-bond donors (Lipinski definition) is 2. The number of aryl methyl sites for hydroxylation is 3. The summed E-state index contributed by atoms with van der Waals surface area (Å²) in [5, 5.41) is 11.3. The number of carbonyl (C=O) groups excluding carboxylic acids is 2. The smallest absolute Gasteiger partial charge is 0.258 e. The molecule has 5 nitrogen and oxygen atoms in total. The van der Waals surface area contributed by atoms with Gasteiger partial charge in [-0.1, -0.05) is 54.6 Å².